The summed E-state index contributed by atoms with van der Waals surface area (Å²) in [7, 11) is 0. The van der Waals surface area contributed by atoms with Crippen molar-refractivity contribution in [3.05, 3.63) is 27.4 Å². The molecule has 116 valence electrons. The van der Waals surface area contributed by atoms with Crippen molar-refractivity contribution in [3.8, 4) is 5.88 Å². The normalized spacial score (nSPS) is 11.1. The van der Waals surface area contributed by atoms with Gasteiger partial charge in [0.15, 0.2) is 0 Å². The van der Waals surface area contributed by atoms with Crippen molar-refractivity contribution in [2.75, 3.05) is 6.61 Å². The summed E-state index contributed by atoms with van der Waals surface area (Å²) >= 11 is 0. The zero-order valence-electron chi connectivity index (χ0n) is 11.1. The first-order valence-corrected chi connectivity index (χ1v) is 5.70. The molecule has 1 heterocycles. The van der Waals surface area contributed by atoms with Gasteiger partial charge in [0.2, 0.25) is 5.88 Å². The molecule has 0 N–H and O–H groups in total. The Labute approximate surface area is 116 Å². The van der Waals surface area contributed by atoms with Crippen molar-refractivity contribution in [2.24, 2.45) is 0 Å². The van der Waals surface area contributed by atoms with Gasteiger partial charge in [0.05, 0.1) is 18.0 Å². The van der Waals surface area contributed by atoms with Crippen LogP contribution in [0.25, 0.3) is 0 Å². The second-order valence-electron chi connectivity index (χ2n) is 3.84. The summed E-state index contributed by atoms with van der Waals surface area (Å²) < 4.78 is 44.7. The third-order valence-electron chi connectivity index (χ3n) is 2.27. The Morgan fingerprint density at radius 3 is 2.57 bits per heavy atom. The van der Waals surface area contributed by atoms with E-state index in [0.29, 0.717) is 6.07 Å². The number of esters is 1. The average Bonchev–Trinajstić information content (AvgIpc) is 2.24. The van der Waals surface area contributed by atoms with Crippen molar-refractivity contribution in [3.63, 3.8) is 0 Å². The summed E-state index contributed by atoms with van der Waals surface area (Å²) in [5.41, 5.74) is -1.09. The Bertz CT molecular complexity index is 560. The van der Waals surface area contributed by atoms with Crippen molar-refractivity contribution >= 4 is 11.7 Å². The standard InChI is InChI=1S/C11H11F3N2O5/c1-3-20-9(17)5-7-4-8(21-11(12,13)14)15-6(2)10(7)16(18)19/h4H,3,5H2,1-2H3. The number of ether oxygens (including phenoxy) is 2. The minimum absolute atomic E-state index is 0.0443. The van der Waals surface area contributed by atoms with Gasteiger partial charge in [-0.25, -0.2) is 4.98 Å². The van der Waals surface area contributed by atoms with Crippen LogP contribution in [0.3, 0.4) is 0 Å². The number of hydrogen-bond donors (Lipinski definition) is 0. The molecule has 1 rings (SSSR count). The lowest BCUT2D eigenvalue weighted by Gasteiger charge is -2.11. The van der Waals surface area contributed by atoms with E-state index in [-0.39, 0.29) is 17.9 Å². The molecule has 0 amide bonds. The van der Waals surface area contributed by atoms with Crippen molar-refractivity contribution < 1.29 is 32.4 Å². The van der Waals surface area contributed by atoms with Crippen LogP contribution in [0.5, 0.6) is 5.88 Å². The number of halogens is 3. The highest BCUT2D eigenvalue weighted by Crippen LogP contribution is 2.29. The zero-order chi connectivity index (χ0) is 16.2. The number of aromatic nitrogens is 1. The van der Waals surface area contributed by atoms with Gasteiger partial charge in [0, 0.05) is 11.6 Å². The van der Waals surface area contributed by atoms with Gasteiger partial charge in [0.1, 0.15) is 5.69 Å². The molecular formula is C11H11F3N2O5. The van der Waals surface area contributed by atoms with Crippen LogP contribution in [0, 0.1) is 17.0 Å². The summed E-state index contributed by atoms with van der Waals surface area (Å²) in [5, 5.41) is 10.9. The lowest BCUT2D eigenvalue weighted by molar-refractivity contribution is -0.386. The zero-order valence-corrected chi connectivity index (χ0v) is 11.1. The number of carbonyl (C=O) groups is 1. The molecule has 0 saturated heterocycles. The Morgan fingerprint density at radius 1 is 1.48 bits per heavy atom. The third-order valence-corrected chi connectivity index (χ3v) is 2.27. The van der Waals surface area contributed by atoms with E-state index < -0.39 is 35.2 Å². The molecule has 0 aromatic carbocycles. The topological polar surface area (TPSA) is 91.6 Å². The largest absolute Gasteiger partial charge is 0.574 e. The molecule has 10 heteroatoms. The van der Waals surface area contributed by atoms with Gasteiger partial charge in [-0.15, -0.1) is 13.2 Å². The van der Waals surface area contributed by atoms with Gasteiger partial charge >= 0.3 is 12.3 Å². The molecule has 0 radical (unpaired) electrons. The number of carbonyl (C=O) groups excluding carboxylic acids is 1. The first-order valence-electron chi connectivity index (χ1n) is 5.70. The maximum atomic E-state index is 12.2. The van der Waals surface area contributed by atoms with E-state index in [1.807, 2.05) is 0 Å². The lowest BCUT2D eigenvalue weighted by atomic mass is 10.1. The minimum atomic E-state index is -4.99. The molecule has 0 aliphatic heterocycles. The first-order chi connectivity index (χ1) is 9.64. The molecule has 0 aliphatic carbocycles. The highest BCUT2D eigenvalue weighted by molar-refractivity contribution is 5.74. The molecule has 0 bridgehead atoms. The third kappa shape index (κ3) is 4.89. The fourth-order valence-corrected chi connectivity index (χ4v) is 1.62. The Morgan fingerprint density at radius 2 is 2.10 bits per heavy atom. The highest BCUT2D eigenvalue weighted by atomic mass is 19.4. The van der Waals surface area contributed by atoms with E-state index >= 15 is 0 Å². The van der Waals surface area contributed by atoms with Crippen molar-refractivity contribution in [1.82, 2.24) is 4.98 Å². The van der Waals surface area contributed by atoms with Crippen LogP contribution in [-0.4, -0.2) is 28.8 Å². The monoisotopic (exact) mass is 308 g/mol. The predicted molar refractivity (Wildman–Crippen MR) is 62.6 cm³/mol. The van der Waals surface area contributed by atoms with Crippen LogP contribution in [0.1, 0.15) is 18.2 Å². The molecular weight excluding hydrogens is 297 g/mol. The first kappa shape index (κ1) is 16.7. The van der Waals surface area contributed by atoms with Crippen LogP contribution < -0.4 is 4.74 Å². The van der Waals surface area contributed by atoms with Crippen LogP contribution in [0.2, 0.25) is 0 Å². The van der Waals surface area contributed by atoms with Crippen LogP contribution in [0.15, 0.2) is 6.07 Å². The van der Waals surface area contributed by atoms with Gasteiger partial charge in [-0.05, 0) is 13.8 Å². The molecule has 0 unspecified atom stereocenters. The smallest absolute Gasteiger partial charge is 0.466 e. The second kappa shape index (κ2) is 6.37. The van der Waals surface area contributed by atoms with E-state index in [2.05, 4.69) is 14.5 Å². The van der Waals surface area contributed by atoms with Gasteiger partial charge < -0.3 is 9.47 Å². The van der Waals surface area contributed by atoms with E-state index in [9.17, 15) is 28.1 Å². The lowest BCUT2D eigenvalue weighted by Crippen LogP contribution is -2.19. The van der Waals surface area contributed by atoms with Gasteiger partial charge in [-0.1, -0.05) is 0 Å². The summed E-state index contributed by atoms with van der Waals surface area (Å²) in [6, 6.07) is 0.704. The maximum absolute atomic E-state index is 12.2. The fraction of sp³-hybridized carbons (Fsp3) is 0.455. The SMILES string of the molecule is CCOC(=O)Cc1cc(OC(F)(F)F)nc(C)c1[N+](=O)[O-]. The molecule has 0 atom stereocenters. The van der Waals surface area contributed by atoms with Crippen molar-refractivity contribution in [2.45, 2.75) is 26.6 Å². The van der Waals surface area contributed by atoms with Crippen LogP contribution in [-0.2, 0) is 16.0 Å². The van der Waals surface area contributed by atoms with E-state index in [0.717, 1.165) is 6.92 Å². The number of nitro groups is 1. The predicted octanol–water partition coefficient (Wildman–Crippen LogP) is 2.30. The number of rotatable bonds is 5. The summed E-state index contributed by atoms with van der Waals surface area (Å²) in [6.07, 6.45) is -5.54. The second-order valence-corrected chi connectivity index (χ2v) is 3.84. The number of pyridine rings is 1. The fourth-order valence-electron chi connectivity index (χ4n) is 1.62. The molecule has 1 aromatic rings. The van der Waals surface area contributed by atoms with E-state index in [1.54, 1.807) is 0 Å². The summed E-state index contributed by atoms with van der Waals surface area (Å²) in [4.78, 5) is 24.8. The minimum Gasteiger partial charge on any atom is -0.466 e. The van der Waals surface area contributed by atoms with Crippen LogP contribution in [0.4, 0.5) is 18.9 Å². The molecule has 0 aliphatic rings. The quantitative estimate of drug-likeness (QED) is 0.471. The molecule has 0 fully saturated rings. The van der Waals surface area contributed by atoms with Crippen molar-refractivity contribution in [1.29, 1.82) is 0 Å². The Kier molecular flexibility index (Phi) is 5.06. The van der Waals surface area contributed by atoms with Gasteiger partial charge in [0.25, 0.3) is 5.69 Å². The number of hydrogen-bond acceptors (Lipinski definition) is 6. The van der Waals surface area contributed by atoms with Gasteiger partial charge in [-0.2, -0.15) is 0 Å². The number of nitrogens with zero attached hydrogens (tertiary/aromatic N) is 2. The summed E-state index contributed by atoms with van der Waals surface area (Å²) in [6.45, 7) is 2.72. The number of alkyl halides is 3. The highest BCUT2D eigenvalue weighted by Gasteiger charge is 2.33. The summed E-state index contributed by atoms with van der Waals surface area (Å²) in [5.74, 6) is -1.67. The Hall–Kier alpha value is -2.39. The molecule has 1 aromatic heterocycles. The van der Waals surface area contributed by atoms with E-state index in [1.165, 1.54) is 6.92 Å². The average molecular weight is 308 g/mol. The molecule has 21 heavy (non-hydrogen) atoms. The molecule has 0 spiro atoms. The van der Waals surface area contributed by atoms with Gasteiger partial charge in [-0.3, -0.25) is 14.9 Å². The maximum Gasteiger partial charge on any atom is 0.574 e. The van der Waals surface area contributed by atoms with Crippen LogP contribution >= 0.6 is 0 Å². The molecule has 7 nitrogen and oxygen atoms in total. The number of aryl methyl sites for hydroxylation is 1. The molecule has 0 saturated carbocycles. The van der Waals surface area contributed by atoms with E-state index in [4.69, 9.17) is 0 Å². The Balaban J connectivity index is 3.22.